The number of rotatable bonds is 4. The molecule has 0 bridgehead atoms. The number of benzene rings is 1. The Kier molecular flexibility index (Phi) is 4.95. The molecular formula is C15H24N2O2. The first-order valence-corrected chi connectivity index (χ1v) is 6.42. The molecule has 0 aliphatic rings. The highest BCUT2D eigenvalue weighted by Crippen LogP contribution is 2.32. The first-order chi connectivity index (χ1) is 8.79. The van der Waals surface area contributed by atoms with E-state index in [1.807, 2.05) is 47.9 Å². The standard InChI is InChI=1S/C15H24N2O2/c1-9-8-13(10(2)11(3)14(9)19-7)12(4)15(18)16-17(5)6/h8,12H,1-7H3,(H,16,18). The van der Waals surface area contributed by atoms with Crippen LogP contribution in [0.2, 0.25) is 0 Å². The van der Waals surface area contributed by atoms with Crippen molar-refractivity contribution in [2.24, 2.45) is 0 Å². The second kappa shape index (κ2) is 6.06. The van der Waals surface area contributed by atoms with Gasteiger partial charge >= 0.3 is 0 Å². The molecule has 0 aliphatic heterocycles. The lowest BCUT2D eigenvalue weighted by Gasteiger charge is -2.21. The number of amides is 1. The van der Waals surface area contributed by atoms with Crippen LogP contribution in [-0.2, 0) is 4.79 Å². The number of aryl methyl sites for hydroxylation is 1. The van der Waals surface area contributed by atoms with Gasteiger partial charge in [0.05, 0.1) is 13.0 Å². The lowest BCUT2D eigenvalue weighted by Crippen LogP contribution is -2.38. The van der Waals surface area contributed by atoms with E-state index in [4.69, 9.17) is 4.74 Å². The van der Waals surface area contributed by atoms with Gasteiger partial charge in [0.1, 0.15) is 5.75 Å². The first kappa shape index (κ1) is 15.5. The monoisotopic (exact) mass is 264 g/mol. The summed E-state index contributed by atoms with van der Waals surface area (Å²) in [5, 5.41) is 1.66. The number of nitrogens with one attached hydrogen (secondary N) is 1. The molecule has 1 amide bonds. The molecular weight excluding hydrogens is 240 g/mol. The summed E-state index contributed by atoms with van der Waals surface area (Å²) in [5.41, 5.74) is 7.12. The highest BCUT2D eigenvalue weighted by atomic mass is 16.5. The van der Waals surface area contributed by atoms with Crippen LogP contribution in [-0.4, -0.2) is 32.1 Å². The van der Waals surface area contributed by atoms with Crippen LogP contribution in [0.15, 0.2) is 6.07 Å². The topological polar surface area (TPSA) is 41.6 Å². The van der Waals surface area contributed by atoms with E-state index in [-0.39, 0.29) is 11.8 Å². The molecule has 4 nitrogen and oxygen atoms in total. The van der Waals surface area contributed by atoms with Crippen molar-refractivity contribution in [2.45, 2.75) is 33.6 Å². The van der Waals surface area contributed by atoms with Gasteiger partial charge in [-0.3, -0.25) is 10.2 Å². The van der Waals surface area contributed by atoms with Crippen molar-refractivity contribution in [3.05, 3.63) is 28.3 Å². The van der Waals surface area contributed by atoms with E-state index >= 15 is 0 Å². The van der Waals surface area contributed by atoms with Gasteiger partial charge in [0.2, 0.25) is 5.91 Å². The lowest BCUT2D eigenvalue weighted by atomic mass is 9.90. The quantitative estimate of drug-likeness (QED) is 0.849. The Balaban J connectivity index is 3.18. The Bertz CT molecular complexity index is 482. The van der Waals surface area contributed by atoms with E-state index in [2.05, 4.69) is 5.43 Å². The van der Waals surface area contributed by atoms with Crippen LogP contribution < -0.4 is 10.2 Å². The van der Waals surface area contributed by atoms with Gasteiger partial charge in [-0.1, -0.05) is 6.07 Å². The molecule has 0 radical (unpaired) electrons. The summed E-state index contributed by atoms with van der Waals surface area (Å²) in [4.78, 5) is 12.1. The van der Waals surface area contributed by atoms with Crippen molar-refractivity contribution in [3.8, 4) is 5.75 Å². The van der Waals surface area contributed by atoms with Crippen molar-refractivity contribution in [1.29, 1.82) is 0 Å². The van der Waals surface area contributed by atoms with Gasteiger partial charge in [-0.2, -0.15) is 0 Å². The molecule has 0 spiro atoms. The smallest absolute Gasteiger partial charge is 0.241 e. The SMILES string of the molecule is COc1c(C)cc(C(C)C(=O)NN(C)C)c(C)c1C. The van der Waals surface area contributed by atoms with Crippen LogP contribution in [0.3, 0.4) is 0 Å². The number of carbonyl (C=O) groups is 1. The second-order valence-electron chi connectivity index (χ2n) is 5.16. The molecule has 106 valence electrons. The van der Waals surface area contributed by atoms with E-state index in [0.29, 0.717) is 0 Å². The van der Waals surface area contributed by atoms with Gasteiger partial charge in [0.25, 0.3) is 0 Å². The number of methoxy groups -OCH3 is 1. The maximum atomic E-state index is 12.1. The van der Waals surface area contributed by atoms with E-state index < -0.39 is 0 Å². The van der Waals surface area contributed by atoms with E-state index in [0.717, 1.165) is 28.0 Å². The zero-order chi connectivity index (χ0) is 14.7. The summed E-state index contributed by atoms with van der Waals surface area (Å²) >= 11 is 0. The van der Waals surface area contributed by atoms with E-state index in [9.17, 15) is 4.79 Å². The molecule has 0 aromatic heterocycles. The summed E-state index contributed by atoms with van der Waals surface area (Å²) in [6, 6.07) is 2.04. The average molecular weight is 264 g/mol. The van der Waals surface area contributed by atoms with Crippen molar-refractivity contribution >= 4 is 5.91 Å². The molecule has 0 fully saturated rings. The minimum Gasteiger partial charge on any atom is -0.496 e. The Hall–Kier alpha value is -1.55. The number of hydrogen-bond acceptors (Lipinski definition) is 3. The van der Waals surface area contributed by atoms with Crippen LogP contribution in [0.1, 0.15) is 35.1 Å². The van der Waals surface area contributed by atoms with Crippen LogP contribution >= 0.6 is 0 Å². The predicted octanol–water partition coefficient (Wildman–Crippen LogP) is 2.32. The fraction of sp³-hybridized carbons (Fsp3) is 0.533. The first-order valence-electron chi connectivity index (χ1n) is 6.42. The molecule has 0 heterocycles. The molecule has 4 heteroatoms. The van der Waals surface area contributed by atoms with Crippen molar-refractivity contribution in [2.75, 3.05) is 21.2 Å². The van der Waals surface area contributed by atoms with Crippen LogP contribution in [0.5, 0.6) is 5.75 Å². The molecule has 0 aliphatic carbocycles. The number of carbonyl (C=O) groups excluding carboxylic acids is 1. The average Bonchev–Trinajstić information content (AvgIpc) is 2.32. The molecule has 1 atom stereocenters. The molecule has 1 aromatic rings. The maximum absolute atomic E-state index is 12.1. The number of hydrazine groups is 1. The largest absolute Gasteiger partial charge is 0.496 e. The summed E-state index contributed by atoms with van der Waals surface area (Å²) in [6.45, 7) is 7.99. The van der Waals surface area contributed by atoms with Crippen LogP contribution in [0.25, 0.3) is 0 Å². The normalized spacial score (nSPS) is 12.4. The minimum absolute atomic E-state index is 0.00272. The molecule has 1 N–H and O–H groups in total. The molecule has 1 rings (SSSR count). The fourth-order valence-corrected chi connectivity index (χ4v) is 2.31. The Labute approximate surface area is 115 Å². The molecule has 0 saturated heterocycles. The van der Waals surface area contributed by atoms with Crippen molar-refractivity contribution < 1.29 is 9.53 Å². The fourth-order valence-electron chi connectivity index (χ4n) is 2.31. The third kappa shape index (κ3) is 3.26. The zero-order valence-electron chi connectivity index (χ0n) is 12.9. The van der Waals surface area contributed by atoms with E-state index in [1.165, 1.54) is 0 Å². The van der Waals surface area contributed by atoms with Crippen molar-refractivity contribution in [3.63, 3.8) is 0 Å². The van der Waals surface area contributed by atoms with Gasteiger partial charge in [-0.25, -0.2) is 5.01 Å². The number of nitrogens with zero attached hydrogens (tertiary/aromatic N) is 1. The lowest BCUT2D eigenvalue weighted by molar-refractivity contribution is -0.126. The predicted molar refractivity (Wildman–Crippen MR) is 77.4 cm³/mol. The zero-order valence-corrected chi connectivity index (χ0v) is 12.9. The summed E-state index contributed by atoms with van der Waals surface area (Å²) < 4.78 is 5.41. The third-order valence-electron chi connectivity index (χ3n) is 3.46. The number of ether oxygens (including phenoxy) is 1. The Morgan fingerprint density at radius 3 is 2.32 bits per heavy atom. The maximum Gasteiger partial charge on any atom is 0.241 e. The van der Waals surface area contributed by atoms with E-state index in [1.54, 1.807) is 12.1 Å². The van der Waals surface area contributed by atoms with Gasteiger partial charge in [-0.15, -0.1) is 0 Å². The highest BCUT2D eigenvalue weighted by Gasteiger charge is 2.20. The summed E-state index contributed by atoms with van der Waals surface area (Å²) in [6.07, 6.45) is 0. The molecule has 1 unspecified atom stereocenters. The van der Waals surface area contributed by atoms with Gasteiger partial charge in [0, 0.05) is 14.1 Å². The summed E-state index contributed by atoms with van der Waals surface area (Å²) in [7, 11) is 5.29. The second-order valence-corrected chi connectivity index (χ2v) is 5.16. The van der Waals surface area contributed by atoms with Gasteiger partial charge < -0.3 is 4.74 Å². The highest BCUT2D eigenvalue weighted by molar-refractivity contribution is 5.83. The molecule has 19 heavy (non-hydrogen) atoms. The van der Waals surface area contributed by atoms with Gasteiger partial charge in [-0.05, 0) is 49.9 Å². The van der Waals surface area contributed by atoms with Crippen LogP contribution in [0.4, 0.5) is 0 Å². The molecule has 0 saturated carbocycles. The minimum atomic E-state index is -0.189. The van der Waals surface area contributed by atoms with Crippen molar-refractivity contribution in [1.82, 2.24) is 10.4 Å². The Morgan fingerprint density at radius 1 is 1.26 bits per heavy atom. The third-order valence-corrected chi connectivity index (χ3v) is 3.46. The number of hydrogen-bond donors (Lipinski definition) is 1. The van der Waals surface area contributed by atoms with Gasteiger partial charge in [0.15, 0.2) is 0 Å². The summed E-state index contributed by atoms with van der Waals surface area (Å²) in [5.74, 6) is 0.712. The van der Waals surface area contributed by atoms with Crippen LogP contribution in [0, 0.1) is 20.8 Å². The Morgan fingerprint density at radius 2 is 1.84 bits per heavy atom. The molecule has 1 aromatic carbocycles.